The van der Waals surface area contributed by atoms with Crippen LogP contribution in [0.4, 0.5) is 0 Å². The van der Waals surface area contributed by atoms with Crippen molar-refractivity contribution in [2.24, 2.45) is 0 Å². The quantitative estimate of drug-likeness (QED) is 0.754. The third-order valence-electron chi connectivity index (χ3n) is 3.87. The summed E-state index contributed by atoms with van der Waals surface area (Å²) in [7, 11) is 0. The predicted molar refractivity (Wildman–Crippen MR) is 98.3 cm³/mol. The van der Waals surface area contributed by atoms with Crippen LogP contribution in [0.25, 0.3) is 5.69 Å². The Kier molecular flexibility index (Phi) is 4.88. The van der Waals surface area contributed by atoms with Crippen molar-refractivity contribution in [1.82, 2.24) is 15.1 Å². The number of nitrogens with zero attached hydrogens (tertiary/aromatic N) is 3. The van der Waals surface area contributed by atoms with E-state index < -0.39 is 0 Å². The van der Waals surface area contributed by atoms with E-state index in [4.69, 9.17) is 16.9 Å². The van der Waals surface area contributed by atoms with Crippen LogP contribution in [0, 0.1) is 25.2 Å². The number of carbonyl (C=O) groups excluding carboxylic acids is 1. The van der Waals surface area contributed by atoms with Crippen molar-refractivity contribution in [2.75, 3.05) is 0 Å². The smallest absolute Gasteiger partial charge is 0.255 e. The van der Waals surface area contributed by atoms with Gasteiger partial charge in [0.1, 0.15) is 6.07 Å². The maximum absolute atomic E-state index is 12.6. The molecule has 1 N–H and O–H groups in total. The molecule has 0 saturated carbocycles. The molecule has 2 aromatic heterocycles. The van der Waals surface area contributed by atoms with Crippen LogP contribution in [0.2, 0.25) is 5.02 Å². The van der Waals surface area contributed by atoms with Crippen LogP contribution in [0.5, 0.6) is 0 Å². The Balaban J connectivity index is 1.89. The van der Waals surface area contributed by atoms with Gasteiger partial charge in [0.2, 0.25) is 0 Å². The molecule has 0 unspecified atom stereocenters. The number of rotatable bonds is 4. The Morgan fingerprint density at radius 2 is 2.20 bits per heavy atom. The molecule has 0 atom stereocenters. The van der Waals surface area contributed by atoms with E-state index in [1.54, 1.807) is 41.1 Å². The first kappa shape index (κ1) is 17.2. The summed E-state index contributed by atoms with van der Waals surface area (Å²) in [5.74, 6) is -0.160. The fourth-order valence-corrected chi connectivity index (χ4v) is 3.50. The van der Waals surface area contributed by atoms with E-state index in [0.29, 0.717) is 34.1 Å². The zero-order valence-electron chi connectivity index (χ0n) is 13.7. The van der Waals surface area contributed by atoms with Gasteiger partial charge < -0.3 is 5.32 Å². The number of thiophene rings is 1. The van der Waals surface area contributed by atoms with Crippen molar-refractivity contribution in [2.45, 2.75) is 20.4 Å². The largest absolute Gasteiger partial charge is 0.348 e. The van der Waals surface area contributed by atoms with E-state index in [1.807, 2.05) is 29.8 Å². The summed E-state index contributed by atoms with van der Waals surface area (Å²) in [5, 5.41) is 20.7. The third kappa shape index (κ3) is 3.43. The number of carbonyl (C=O) groups is 1. The number of hydrogen-bond donors (Lipinski definition) is 1. The number of aromatic nitrogens is 2. The normalized spacial score (nSPS) is 10.5. The molecule has 0 bridgehead atoms. The highest BCUT2D eigenvalue weighted by atomic mass is 35.5. The van der Waals surface area contributed by atoms with E-state index in [0.717, 1.165) is 11.3 Å². The maximum atomic E-state index is 12.6. The molecule has 0 spiro atoms. The van der Waals surface area contributed by atoms with Gasteiger partial charge in [-0.3, -0.25) is 4.79 Å². The molecular formula is C18H15ClN4OS. The van der Waals surface area contributed by atoms with Gasteiger partial charge in [-0.05, 0) is 54.4 Å². The second-order valence-electron chi connectivity index (χ2n) is 5.55. The number of amides is 1. The van der Waals surface area contributed by atoms with Crippen molar-refractivity contribution in [3.8, 4) is 11.8 Å². The van der Waals surface area contributed by atoms with Gasteiger partial charge in [0, 0.05) is 6.54 Å². The molecule has 2 heterocycles. The number of aryl methyl sites for hydroxylation is 1. The van der Waals surface area contributed by atoms with Crippen LogP contribution in [0.3, 0.4) is 0 Å². The monoisotopic (exact) mass is 370 g/mol. The first-order valence-corrected chi connectivity index (χ1v) is 8.89. The predicted octanol–water partition coefficient (Wildman–Crippen LogP) is 4.01. The molecule has 1 aromatic carbocycles. The number of benzene rings is 1. The second kappa shape index (κ2) is 7.09. The Bertz CT molecular complexity index is 970. The van der Waals surface area contributed by atoms with Crippen molar-refractivity contribution < 1.29 is 4.79 Å². The van der Waals surface area contributed by atoms with Crippen LogP contribution < -0.4 is 5.32 Å². The molecule has 0 radical (unpaired) electrons. The lowest BCUT2D eigenvalue weighted by atomic mass is 10.1. The highest BCUT2D eigenvalue weighted by Gasteiger charge is 2.19. The number of hydrogen-bond acceptors (Lipinski definition) is 4. The summed E-state index contributed by atoms with van der Waals surface area (Å²) >= 11 is 7.70. The lowest BCUT2D eigenvalue weighted by molar-refractivity contribution is 0.0949. The minimum Gasteiger partial charge on any atom is -0.348 e. The zero-order valence-corrected chi connectivity index (χ0v) is 15.3. The Hall–Kier alpha value is -2.62. The van der Waals surface area contributed by atoms with Crippen LogP contribution in [0.1, 0.15) is 32.9 Å². The fraction of sp³-hybridized carbons (Fsp3) is 0.167. The van der Waals surface area contributed by atoms with Gasteiger partial charge >= 0.3 is 0 Å². The summed E-state index contributed by atoms with van der Waals surface area (Å²) < 4.78 is 1.67. The molecule has 25 heavy (non-hydrogen) atoms. The molecule has 3 rings (SSSR count). The lowest BCUT2D eigenvalue weighted by Gasteiger charge is -2.07. The van der Waals surface area contributed by atoms with Crippen LogP contribution >= 0.6 is 22.9 Å². The molecule has 126 valence electrons. The Morgan fingerprint density at radius 3 is 2.84 bits per heavy atom. The second-order valence-corrected chi connectivity index (χ2v) is 6.74. The van der Waals surface area contributed by atoms with Crippen LogP contribution in [-0.2, 0) is 6.54 Å². The average molecular weight is 371 g/mol. The number of nitriles is 1. The zero-order chi connectivity index (χ0) is 18.0. The van der Waals surface area contributed by atoms with Crippen molar-refractivity contribution in [3.63, 3.8) is 0 Å². The highest BCUT2D eigenvalue weighted by molar-refractivity contribution is 7.07. The van der Waals surface area contributed by atoms with Gasteiger partial charge in [-0.25, -0.2) is 4.68 Å². The van der Waals surface area contributed by atoms with Gasteiger partial charge in [-0.2, -0.15) is 21.7 Å². The fourth-order valence-electron chi connectivity index (χ4n) is 2.61. The average Bonchev–Trinajstić information content (AvgIpc) is 3.20. The van der Waals surface area contributed by atoms with Crippen molar-refractivity contribution in [1.29, 1.82) is 5.26 Å². The molecule has 0 fully saturated rings. The topological polar surface area (TPSA) is 70.7 Å². The maximum Gasteiger partial charge on any atom is 0.255 e. The third-order valence-corrected chi connectivity index (χ3v) is 4.91. The molecule has 0 aliphatic rings. The summed E-state index contributed by atoms with van der Waals surface area (Å²) in [4.78, 5) is 12.6. The summed E-state index contributed by atoms with van der Waals surface area (Å²) in [5.41, 5.74) is 4.10. The van der Waals surface area contributed by atoms with Gasteiger partial charge in [0.15, 0.2) is 0 Å². The summed E-state index contributed by atoms with van der Waals surface area (Å²) in [6.07, 6.45) is 0. The van der Waals surface area contributed by atoms with E-state index >= 15 is 0 Å². The van der Waals surface area contributed by atoms with Gasteiger partial charge in [0.05, 0.1) is 33.2 Å². The van der Waals surface area contributed by atoms with Gasteiger partial charge in [0.25, 0.3) is 5.91 Å². The molecule has 7 heteroatoms. The molecule has 0 aliphatic heterocycles. The SMILES string of the molecule is Cc1nn(-c2ccc(C#N)c(Cl)c2)c(C)c1C(=O)NCc1ccsc1. The molecular weight excluding hydrogens is 356 g/mol. The first-order valence-electron chi connectivity index (χ1n) is 7.56. The Labute approximate surface area is 154 Å². The minimum absolute atomic E-state index is 0.160. The number of nitrogens with one attached hydrogen (secondary N) is 1. The minimum atomic E-state index is -0.160. The lowest BCUT2D eigenvalue weighted by Crippen LogP contribution is -2.23. The van der Waals surface area contributed by atoms with Crippen LogP contribution in [-0.4, -0.2) is 15.7 Å². The highest BCUT2D eigenvalue weighted by Crippen LogP contribution is 2.23. The van der Waals surface area contributed by atoms with Gasteiger partial charge in [-0.1, -0.05) is 11.6 Å². The molecule has 1 amide bonds. The molecule has 3 aromatic rings. The molecule has 5 nitrogen and oxygen atoms in total. The molecule has 0 aliphatic carbocycles. The van der Waals surface area contributed by atoms with Crippen molar-refractivity contribution >= 4 is 28.8 Å². The van der Waals surface area contributed by atoms with Gasteiger partial charge in [-0.15, -0.1) is 0 Å². The van der Waals surface area contributed by atoms with E-state index in [9.17, 15) is 4.79 Å². The Morgan fingerprint density at radius 1 is 1.40 bits per heavy atom. The summed E-state index contributed by atoms with van der Waals surface area (Å²) in [6.45, 7) is 4.12. The van der Waals surface area contributed by atoms with Crippen LogP contribution in [0.15, 0.2) is 35.0 Å². The first-order chi connectivity index (χ1) is 12.0. The van der Waals surface area contributed by atoms with E-state index in [1.165, 1.54) is 0 Å². The number of halogens is 1. The van der Waals surface area contributed by atoms with E-state index in [-0.39, 0.29) is 5.91 Å². The standard InChI is InChI=1S/C18H15ClN4OS/c1-11-17(18(24)21-9-13-5-6-25-10-13)12(2)23(22-11)15-4-3-14(8-20)16(19)7-15/h3-7,10H,9H2,1-2H3,(H,21,24). The van der Waals surface area contributed by atoms with E-state index in [2.05, 4.69) is 10.4 Å². The summed E-state index contributed by atoms with van der Waals surface area (Å²) in [6, 6.07) is 9.08. The van der Waals surface area contributed by atoms with Crippen molar-refractivity contribution in [3.05, 3.63) is 68.1 Å². The molecule has 0 saturated heterocycles.